The molecule has 142 valence electrons. The van der Waals surface area contributed by atoms with E-state index in [4.69, 9.17) is 5.73 Å². The number of nitrogens with zero attached hydrogens (tertiary/aromatic N) is 2. The van der Waals surface area contributed by atoms with Crippen molar-refractivity contribution < 1.29 is 4.79 Å². The van der Waals surface area contributed by atoms with Crippen molar-refractivity contribution in [3.05, 3.63) is 51.8 Å². The average Bonchev–Trinajstić information content (AvgIpc) is 3.46. The third kappa shape index (κ3) is 3.53. The molecule has 1 fully saturated rings. The highest BCUT2D eigenvalue weighted by Crippen LogP contribution is 2.43. The number of carbonyl (C=O) groups excluding carboxylic acids is 1. The number of anilines is 2. The van der Waals surface area contributed by atoms with Crippen molar-refractivity contribution >= 4 is 39.6 Å². The number of nitrogens with one attached hydrogen (secondary N) is 1. The average molecular weight is 409 g/mol. The molecule has 0 bridgehead atoms. The molecule has 1 aliphatic rings. The molecule has 28 heavy (non-hydrogen) atoms. The van der Waals surface area contributed by atoms with Gasteiger partial charge >= 0.3 is 0 Å². The summed E-state index contributed by atoms with van der Waals surface area (Å²) >= 11 is 2.91. The van der Waals surface area contributed by atoms with E-state index < -0.39 is 5.92 Å². The minimum absolute atomic E-state index is 0.372. The van der Waals surface area contributed by atoms with Gasteiger partial charge in [-0.3, -0.25) is 0 Å². The van der Waals surface area contributed by atoms with Crippen molar-refractivity contribution in [1.82, 2.24) is 4.98 Å². The molecule has 0 saturated heterocycles. The van der Waals surface area contributed by atoms with Crippen LogP contribution < -0.4 is 11.1 Å². The van der Waals surface area contributed by atoms with Crippen LogP contribution in [0.25, 0.3) is 10.6 Å². The molecule has 4 rings (SSSR count). The lowest BCUT2D eigenvalue weighted by Crippen LogP contribution is -2.14. The van der Waals surface area contributed by atoms with Crippen molar-refractivity contribution in [1.29, 1.82) is 5.26 Å². The van der Waals surface area contributed by atoms with Crippen molar-refractivity contribution in [3.63, 3.8) is 0 Å². The molecule has 1 atom stereocenters. The molecule has 1 aromatic carbocycles. The van der Waals surface area contributed by atoms with Crippen LogP contribution in [0, 0.1) is 11.3 Å². The van der Waals surface area contributed by atoms with Gasteiger partial charge in [-0.15, -0.1) is 22.7 Å². The van der Waals surface area contributed by atoms with Gasteiger partial charge in [-0.2, -0.15) is 5.26 Å². The first-order valence-corrected chi connectivity index (χ1v) is 11.0. The highest BCUT2D eigenvalue weighted by Gasteiger charge is 2.27. The Kier molecular flexibility index (Phi) is 5.42. The Morgan fingerprint density at radius 1 is 1.29 bits per heavy atom. The van der Waals surface area contributed by atoms with Crippen LogP contribution in [0.2, 0.25) is 0 Å². The van der Waals surface area contributed by atoms with Crippen molar-refractivity contribution in [2.45, 2.75) is 37.6 Å². The number of thiophene rings is 1. The maximum atomic E-state index is 12.0. The Balaban J connectivity index is 1.67. The van der Waals surface area contributed by atoms with E-state index >= 15 is 0 Å². The zero-order valence-corrected chi connectivity index (χ0v) is 16.9. The number of nitrogen functional groups attached to an aromatic ring is 1. The molecule has 0 amide bonds. The molecule has 3 N–H and O–H groups in total. The number of rotatable bonds is 6. The number of nitriles is 1. The minimum Gasteiger partial charge on any atom is -0.397 e. The molecule has 1 saturated carbocycles. The van der Waals surface area contributed by atoms with Gasteiger partial charge in [0.05, 0.1) is 17.3 Å². The molecular formula is C21H20N4OS2. The van der Waals surface area contributed by atoms with Gasteiger partial charge in [0.15, 0.2) is 0 Å². The Morgan fingerprint density at radius 2 is 2.04 bits per heavy atom. The minimum atomic E-state index is -0.565. The summed E-state index contributed by atoms with van der Waals surface area (Å²) in [5.41, 5.74) is 8.80. The van der Waals surface area contributed by atoms with Crippen LogP contribution in [0.15, 0.2) is 35.7 Å². The Labute approximate surface area is 171 Å². The summed E-state index contributed by atoms with van der Waals surface area (Å²) in [4.78, 5) is 17.3. The summed E-state index contributed by atoms with van der Waals surface area (Å²) in [6.07, 6.45) is 5.46. The molecular weight excluding hydrogens is 388 g/mol. The van der Waals surface area contributed by atoms with Gasteiger partial charge in [-0.25, -0.2) is 4.98 Å². The second-order valence-electron chi connectivity index (χ2n) is 6.88. The number of benzene rings is 1. The van der Waals surface area contributed by atoms with E-state index in [2.05, 4.69) is 16.4 Å². The Morgan fingerprint density at radius 3 is 2.71 bits per heavy atom. The third-order valence-electron chi connectivity index (χ3n) is 5.06. The standard InChI is InChI=1S/C21H20N4OS2/c22-10-15-18(23)19(28-21(15)24-14-8-4-5-9-14)16(11-26)17-12-27-20(25-17)13-6-2-1-3-7-13/h1-3,6-7,11-12,14,16,24H,4-5,8-9,23H2. The second kappa shape index (κ2) is 8.13. The van der Waals surface area contributed by atoms with E-state index in [-0.39, 0.29) is 0 Å². The number of nitrogens with two attached hydrogens (primary N) is 1. The molecule has 1 aliphatic carbocycles. The lowest BCUT2D eigenvalue weighted by Gasteiger charge is -2.11. The maximum absolute atomic E-state index is 12.0. The molecule has 5 nitrogen and oxygen atoms in total. The Bertz CT molecular complexity index is 1010. The van der Waals surface area contributed by atoms with Gasteiger partial charge in [0, 0.05) is 21.9 Å². The summed E-state index contributed by atoms with van der Waals surface area (Å²) in [6, 6.07) is 12.5. The molecule has 0 radical (unpaired) electrons. The van der Waals surface area contributed by atoms with Crippen LogP contribution in [0.4, 0.5) is 10.7 Å². The first-order chi connectivity index (χ1) is 13.7. The zero-order chi connectivity index (χ0) is 19.5. The van der Waals surface area contributed by atoms with Gasteiger partial charge in [0.25, 0.3) is 0 Å². The summed E-state index contributed by atoms with van der Waals surface area (Å²) in [7, 11) is 0. The first-order valence-electron chi connectivity index (χ1n) is 9.26. The molecule has 0 spiro atoms. The van der Waals surface area contributed by atoms with E-state index in [0.717, 1.165) is 34.7 Å². The van der Waals surface area contributed by atoms with Crippen molar-refractivity contribution in [2.75, 3.05) is 11.1 Å². The summed E-state index contributed by atoms with van der Waals surface area (Å²) < 4.78 is 0. The lowest BCUT2D eigenvalue weighted by atomic mass is 10.0. The van der Waals surface area contributed by atoms with E-state index in [1.54, 1.807) is 0 Å². The van der Waals surface area contributed by atoms with Crippen molar-refractivity contribution in [3.8, 4) is 16.6 Å². The fourth-order valence-corrected chi connectivity index (χ4v) is 5.65. The van der Waals surface area contributed by atoms with Gasteiger partial charge in [-0.1, -0.05) is 43.2 Å². The van der Waals surface area contributed by atoms with Gasteiger partial charge in [-0.05, 0) is 12.8 Å². The van der Waals surface area contributed by atoms with E-state index in [1.165, 1.54) is 35.5 Å². The van der Waals surface area contributed by atoms with Gasteiger partial charge in [0.2, 0.25) is 0 Å². The topological polar surface area (TPSA) is 91.8 Å². The smallest absolute Gasteiger partial charge is 0.134 e. The molecule has 2 heterocycles. The van der Waals surface area contributed by atoms with E-state index in [1.807, 2.05) is 35.7 Å². The van der Waals surface area contributed by atoms with Crippen LogP contribution in [-0.4, -0.2) is 17.3 Å². The molecule has 0 aliphatic heterocycles. The molecule has 1 unspecified atom stereocenters. The second-order valence-corrected chi connectivity index (χ2v) is 8.79. The number of carbonyl (C=O) groups is 1. The van der Waals surface area contributed by atoms with Crippen LogP contribution in [0.1, 0.15) is 47.7 Å². The quantitative estimate of drug-likeness (QED) is 0.559. The largest absolute Gasteiger partial charge is 0.397 e. The monoisotopic (exact) mass is 408 g/mol. The molecule has 7 heteroatoms. The first kappa shape index (κ1) is 18.7. The summed E-state index contributed by atoms with van der Waals surface area (Å²) in [5, 5.41) is 16.6. The van der Waals surface area contributed by atoms with E-state index in [0.29, 0.717) is 27.9 Å². The lowest BCUT2D eigenvalue weighted by molar-refractivity contribution is -0.108. The predicted octanol–water partition coefficient (Wildman–Crippen LogP) is 5.01. The Hall–Kier alpha value is -2.69. The summed E-state index contributed by atoms with van der Waals surface area (Å²) in [6.45, 7) is 0. The van der Waals surface area contributed by atoms with Crippen LogP contribution in [0.3, 0.4) is 0 Å². The van der Waals surface area contributed by atoms with Crippen LogP contribution >= 0.6 is 22.7 Å². The highest BCUT2D eigenvalue weighted by atomic mass is 32.1. The highest BCUT2D eigenvalue weighted by molar-refractivity contribution is 7.17. The number of aromatic nitrogens is 1. The molecule has 2 aromatic heterocycles. The number of aldehydes is 1. The van der Waals surface area contributed by atoms with Crippen LogP contribution in [0.5, 0.6) is 0 Å². The number of hydrogen-bond donors (Lipinski definition) is 2. The third-order valence-corrected chi connectivity index (χ3v) is 7.19. The SMILES string of the molecule is N#Cc1c(NC2CCCC2)sc(C(C=O)c2csc(-c3ccccc3)n2)c1N. The van der Waals surface area contributed by atoms with Crippen LogP contribution in [-0.2, 0) is 4.79 Å². The normalized spacial score (nSPS) is 15.2. The van der Waals surface area contributed by atoms with Gasteiger partial charge in [0.1, 0.15) is 27.9 Å². The fourth-order valence-electron chi connectivity index (χ4n) is 3.57. The summed E-state index contributed by atoms with van der Waals surface area (Å²) in [5.74, 6) is -0.565. The van der Waals surface area contributed by atoms with E-state index in [9.17, 15) is 10.1 Å². The zero-order valence-electron chi connectivity index (χ0n) is 15.2. The van der Waals surface area contributed by atoms with Crippen molar-refractivity contribution in [2.24, 2.45) is 0 Å². The fraction of sp³-hybridized carbons (Fsp3) is 0.286. The number of hydrogen-bond acceptors (Lipinski definition) is 7. The number of thiazole rings is 1. The predicted molar refractivity (Wildman–Crippen MR) is 115 cm³/mol. The van der Waals surface area contributed by atoms with Gasteiger partial charge < -0.3 is 15.8 Å². The molecule has 3 aromatic rings. The maximum Gasteiger partial charge on any atom is 0.134 e.